The maximum absolute atomic E-state index is 13.6. The van der Waals surface area contributed by atoms with Crippen molar-refractivity contribution in [3.8, 4) is 0 Å². The third-order valence-electron chi connectivity index (χ3n) is 5.62. The topological polar surface area (TPSA) is 75.2 Å². The molecule has 1 aliphatic rings. The molecule has 0 radical (unpaired) electrons. The molecule has 0 spiro atoms. The minimum absolute atomic E-state index is 0.133. The van der Waals surface area contributed by atoms with Gasteiger partial charge >= 0.3 is 0 Å². The Hall–Kier alpha value is -3.54. The van der Waals surface area contributed by atoms with Crippen molar-refractivity contribution < 1.29 is 9.59 Å². The van der Waals surface area contributed by atoms with Crippen molar-refractivity contribution in [2.24, 2.45) is 0 Å². The minimum atomic E-state index is -0.832. The SMILES string of the molecule is O=C(NC1CCCCC1)C(c1ccncc1)N(C(=O)c1ccccn1)c1ccccc1. The van der Waals surface area contributed by atoms with Gasteiger partial charge < -0.3 is 5.32 Å². The summed E-state index contributed by atoms with van der Waals surface area (Å²) in [6.07, 6.45) is 10.2. The van der Waals surface area contributed by atoms with Crippen LogP contribution in [0.25, 0.3) is 0 Å². The summed E-state index contributed by atoms with van der Waals surface area (Å²) in [5.41, 5.74) is 1.63. The second kappa shape index (κ2) is 9.98. The van der Waals surface area contributed by atoms with Crippen molar-refractivity contribution in [3.05, 3.63) is 90.5 Å². The molecule has 1 aromatic carbocycles. The molecule has 0 saturated heterocycles. The first-order valence-corrected chi connectivity index (χ1v) is 10.7. The van der Waals surface area contributed by atoms with Gasteiger partial charge in [0.15, 0.2) is 0 Å². The van der Waals surface area contributed by atoms with Crippen LogP contribution in [-0.2, 0) is 4.79 Å². The number of hydrogen-bond donors (Lipinski definition) is 1. The van der Waals surface area contributed by atoms with Crippen LogP contribution >= 0.6 is 0 Å². The second-order valence-electron chi connectivity index (χ2n) is 7.75. The van der Waals surface area contributed by atoms with Crippen molar-refractivity contribution in [2.45, 2.75) is 44.2 Å². The number of amides is 2. The lowest BCUT2D eigenvalue weighted by atomic mass is 9.94. The van der Waals surface area contributed by atoms with Gasteiger partial charge in [0.2, 0.25) is 5.91 Å². The van der Waals surface area contributed by atoms with E-state index in [1.54, 1.807) is 48.9 Å². The van der Waals surface area contributed by atoms with E-state index in [0.717, 1.165) is 25.7 Å². The maximum atomic E-state index is 13.6. The first-order chi connectivity index (χ1) is 15.2. The minimum Gasteiger partial charge on any atom is -0.351 e. The fraction of sp³-hybridized carbons (Fsp3) is 0.280. The highest BCUT2D eigenvalue weighted by Gasteiger charge is 2.35. The van der Waals surface area contributed by atoms with E-state index in [9.17, 15) is 9.59 Å². The summed E-state index contributed by atoms with van der Waals surface area (Å²) in [4.78, 5) is 37.1. The van der Waals surface area contributed by atoms with E-state index >= 15 is 0 Å². The van der Waals surface area contributed by atoms with Crippen LogP contribution in [0.5, 0.6) is 0 Å². The van der Waals surface area contributed by atoms with Gasteiger partial charge in [0, 0.05) is 30.3 Å². The van der Waals surface area contributed by atoms with Crippen molar-refractivity contribution in [3.63, 3.8) is 0 Å². The zero-order chi connectivity index (χ0) is 21.5. The molecule has 3 aromatic rings. The zero-order valence-electron chi connectivity index (χ0n) is 17.4. The molecule has 2 heterocycles. The van der Waals surface area contributed by atoms with Crippen LogP contribution in [0.1, 0.15) is 54.2 Å². The van der Waals surface area contributed by atoms with Crippen LogP contribution in [0.4, 0.5) is 5.69 Å². The van der Waals surface area contributed by atoms with Crippen LogP contribution in [0, 0.1) is 0 Å². The molecule has 4 rings (SSSR count). The van der Waals surface area contributed by atoms with Gasteiger partial charge in [0.1, 0.15) is 11.7 Å². The molecule has 0 aliphatic heterocycles. The number of aromatic nitrogens is 2. The average molecular weight is 415 g/mol. The Balaban J connectivity index is 1.76. The molecule has 1 fully saturated rings. The smallest absolute Gasteiger partial charge is 0.277 e. The van der Waals surface area contributed by atoms with Crippen molar-refractivity contribution in [2.75, 3.05) is 4.90 Å². The number of rotatable bonds is 6. The van der Waals surface area contributed by atoms with Gasteiger partial charge in [0.05, 0.1) is 0 Å². The van der Waals surface area contributed by atoms with Crippen LogP contribution in [0.15, 0.2) is 79.3 Å². The fourth-order valence-corrected chi connectivity index (χ4v) is 4.08. The highest BCUT2D eigenvalue weighted by atomic mass is 16.2. The predicted molar refractivity (Wildman–Crippen MR) is 119 cm³/mol. The van der Waals surface area contributed by atoms with Gasteiger partial charge in [-0.1, -0.05) is 43.5 Å². The molecule has 2 aromatic heterocycles. The van der Waals surface area contributed by atoms with Crippen molar-refractivity contribution in [1.82, 2.24) is 15.3 Å². The number of nitrogens with one attached hydrogen (secondary N) is 1. The van der Waals surface area contributed by atoms with E-state index in [0.29, 0.717) is 11.3 Å². The Bertz CT molecular complexity index is 990. The summed E-state index contributed by atoms with van der Waals surface area (Å²) in [5.74, 6) is -0.515. The summed E-state index contributed by atoms with van der Waals surface area (Å²) in [7, 11) is 0. The van der Waals surface area contributed by atoms with Gasteiger partial charge in [-0.2, -0.15) is 0 Å². The quantitative estimate of drug-likeness (QED) is 0.652. The molecule has 6 heteroatoms. The predicted octanol–water partition coefficient (Wildman–Crippen LogP) is 4.31. The van der Waals surface area contributed by atoms with Gasteiger partial charge in [-0.05, 0) is 54.8 Å². The maximum Gasteiger partial charge on any atom is 0.277 e. The molecule has 6 nitrogen and oxygen atoms in total. The van der Waals surface area contributed by atoms with E-state index in [-0.39, 0.29) is 23.6 Å². The normalized spacial score (nSPS) is 15.1. The molecule has 0 bridgehead atoms. The van der Waals surface area contributed by atoms with Crippen LogP contribution < -0.4 is 10.2 Å². The lowest BCUT2D eigenvalue weighted by Gasteiger charge is -2.33. The number of carbonyl (C=O) groups is 2. The molecule has 31 heavy (non-hydrogen) atoms. The number of anilines is 1. The van der Waals surface area contributed by atoms with Gasteiger partial charge in [-0.25, -0.2) is 0 Å². The molecule has 1 saturated carbocycles. The Kier molecular flexibility index (Phi) is 6.67. The average Bonchev–Trinajstić information content (AvgIpc) is 2.84. The molecular formula is C25H26N4O2. The highest BCUT2D eigenvalue weighted by Crippen LogP contribution is 2.30. The van der Waals surface area contributed by atoms with E-state index in [2.05, 4.69) is 15.3 Å². The Morgan fingerprint density at radius 2 is 1.58 bits per heavy atom. The molecule has 1 unspecified atom stereocenters. The van der Waals surface area contributed by atoms with Crippen LogP contribution in [0.2, 0.25) is 0 Å². The number of carbonyl (C=O) groups excluding carboxylic acids is 2. The third-order valence-corrected chi connectivity index (χ3v) is 5.62. The Morgan fingerprint density at radius 3 is 2.26 bits per heavy atom. The molecule has 1 atom stereocenters. The molecule has 1 aliphatic carbocycles. The van der Waals surface area contributed by atoms with E-state index in [4.69, 9.17) is 0 Å². The molecule has 158 valence electrons. The van der Waals surface area contributed by atoms with Crippen LogP contribution in [-0.4, -0.2) is 27.8 Å². The fourth-order valence-electron chi connectivity index (χ4n) is 4.08. The number of nitrogens with zero attached hydrogens (tertiary/aromatic N) is 3. The number of para-hydroxylation sites is 1. The first-order valence-electron chi connectivity index (χ1n) is 10.7. The molecule has 1 N–H and O–H groups in total. The zero-order valence-corrected chi connectivity index (χ0v) is 17.4. The van der Waals surface area contributed by atoms with Crippen molar-refractivity contribution in [1.29, 1.82) is 0 Å². The first kappa shape index (κ1) is 20.7. The van der Waals surface area contributed by atoms with Gasteiger partial charge in [-0.15, -0.1) is 0 Å². The summed E-state index contributed by atoms with van der Waals surface area (Å²) in [6.45, 7) is 0. The summed E-state index contributed by atoms with van der Waals surface area (Å²) in [6, 6.07) is 17.3. The van der Waals surface area contributed by atoms with E-state index in [1.807, 2.05) is 30.3 Å². The number of benzene rings is 1. The van der Waals surface area contributed by atoms with Gasteiger partial charge in [-0.3, -0.25) is 24.5 Å². The van der Waals surface area contributed by atoms with E-state index in [1.165, 1.54) is 11.3 Å². The Labute approximate surface area is 182 Å². The second-order valence-corrected chi connectivity index (χ2v) is 7.75. The number of pyridine rings is 2. The van der Waals surface area contributed by atoms with Crippen LogP contribution in [0.3, 0.4) is 0 Å². The number of hydrogen-bond acceptors (Lipinski definition) is 4. The highest BCUT2D eigenvalue weighted by molar-refractivity contribution is 6.09. The standard InChI is InChI=1S/C25H26N4O2/c30-24(28-20-9-3-1-4-10-20)23(19-14-17-26-18-15-19)29(21-11-5-2-6-12-21)25(31)22-13-7-8-16-27-22/h2,5-8,11-18,20,23H,1,3-4,9-10H2,(H,28,30). The van der Waals surface area contributed by atoms with Crippen molar-refractivity contribution >= 4 is 17.5 Å². The third kappa shape index (κ3) is 4.97. The summed E-state index contributed by atoms with van der Waals surface area (Å²) >= 11 is 0. The summed E-state index contributed by atoms with van der Waals surface area (Å²) in [5, 5.41) is 3.20. The molecule has 2 amide bonds. The lowest BCUT2D eigenvalue weighted by molar-refractivity contribution is -0.123. The lowest BCUT2D eigenvalue weighted by Crippen LogP contribution is -2.47. The summed E-state index contributed by atoms with van der Waals surface area (Å²) < 4.78 is 0. The Morgan fingerprint density at radius 1 is 0.871 bits per heavy atom. The van der Waals surface area contributed by atoms with E-state index < -0.39 is 6.04 Å². The molecular weight excluding hydrogens is 388 g/mol. The largest absolute Gasteiger partial charge is 0.351 e. The monoisotopic (exact) mass is 414 g/mol. The van der Waals surface area contributed by atoms with Gasteiger partial charge in [0.25, 0.3) is 5.91 Å².